The summed E-state index contributed by atoms with van der Waals surface area (Å²) < 4.78 is 5.55. The van der Waals surface area contributed by atoms with Crippen LogP contribution in [0.2, 0.25) is 0 Å². The Morgan fingerprint density at radius 2 is 1.66 bits per heavy atom. The van der Waals surface area contributed by atoms with Crippen molar-refractivity contribution in [1.29, 1.82) is 0 Å². The molecule has 35 heavy (non-hydrogen) atoms. The molecule has 3 aromatic carbocycles. The largest absolute Gasteiger partial charge is 0.478 e. The third-order valence-electron chi connectivity index (χ3n) is 6.08. The molecule has 2 amide bonds. The number of benzene rings is 3. The van der Waals surface area contributed by atoms with Crippen LogP contribution in [0.1, 0.15) is 39.4 Å². The lowest BCUT2D eigenvalue weighted by Crippen LogP contribution is -2.44. The summed E-state index contributed by atoms with van der Waals surface area (Å²) in [6.45, 7) is 5.45. The van der Waals surface area contributed by atoms with E-state index in [1.54, 1.807) is 13.0 Å². The number of carbonyl (C=O) groups is 3. The fraction of sp³-hybridized carbons (Fsp3) is 0.179. The summed E-state index contributed by atoms with van der Waals surface area (Å²) in [6, 6.07) is 19.7. The van der Waals surface area contributed by atoms with Crippen LogP contribution in [-0.2, 0) is 9.53 Å². The quantitative estimate of drug-likeness (QED) is 0.397. The Morgan fingerprint density at radius 3 is 2.23 bits per heavy atom. The highest BCUT2D eigenvalue weighted by atomic mass is 16.5. The molecule has 1 atom stereocenters. The van der Waals surface area contributed by atoms with E-state index in [9.17, 15) is 19.5 Å². The standard InChI is InChI=1S/C28H26N2O5/c1-3-8-25(26(31)29-18-13-14-19(27(32)33)17(2)15-18)30-28(34)35-16-24-22-11-6-4-9-20(22)21-10-5-7-12-23(21)24/h3-7,9-15,24-25H,1,8,16H2,2H3,(H,29,31)(H,30,34)(H,32,33). The maximum absolute atomic E-state index is 12.8. The van der Waals surface area contributed by atoms with Crippen LogP contribution in [0, 0.1) is 6.92 Å². The molecule has 0 heterocycles. The SMILES string of the molecule is C=CCC(NC(=O)OCC1c2ccccc2-c2ccccc21)C(=O)Nc1ccc(C(=O)O)c(C)c1. The summed E-state index contributed by atoms with van der Waals surface area (Å²) in [5, 5.41) is 14.5. The molecule has 0 aliphatic heterocycles. The number of hydrogen-bond acceptors (Lipinski definition) is 4. The number of aromatic carboxylic acids is 1. The Morgan fingerprint density at radius 1 is 1.03 bits per heavy atom. The predicted molar refractivity (Wildman–Crippen MR) is 134 cm³/mol. The van der Waals surface area contributed by atoms with E-state index in [-0.39, 0.29) is 24.5 Å². The molecule has 3 N–H and O–H groups in total. The zero-order valence-electron chi connectivity index (χ0n) is 19.3. The number of carboxylic acid groups (broad SMARTS) is 1. The number of carbonyl (C=O) groups excluding carboxylic acids is 2. The van der Waals surface area contributed by atoms with Gasteiger partial charge in [0.15, 0.2) is 0 Å². The fourth-order valence-corrected chi connectivity index (χ4v) is 4.39. The second-order valence-corrected chi connectivity index (χ2v) is 8.37. The molecule has 1 unspecified atom stereocenters. The third-order valence-corrected chi connectivity index (χ3v) is 6.08. The minimum Gasteiger partial charge on any atom is -0.478 e. The van der Waals surface area contributed by atoms with Crippen molar-refractivity contribution < 1.29 is 24.2 Å². The van der Waals surface area contributed by atoms with Crippen LogP contribution in [0.15, 0.2) is 79.4 Å². The van der Waals surface area contributed by atoms with Crippen LogP contribution in [-0.4, -0.2) is 35.7 Å². The van der Waals surface area contributed by atoms with Crippen LogP contribution in [0.25, 0.3) is 11.1 Å². The number of ether oxygens (including phenoxy) is 1. The molecule has 7 heteroatoms. The topological polar surface area (TPSA) is 105 Å². The van der Waals surface area contributed by atoms with E-state index in [2.05, 4.69) is 29.3 Å². The first-order valence-corrected chi connectivity index (χ1v) is 11.3. The molecule has 0 saturated carbocycles. The summed E-state index contributed by atoms with van der Waals surface area (Å²) in [6.07, 6.45) is 1.03. The van der Waals surface area contributed by atoms with Crippen LogP contribution in [0.3, 0.4) is 0 Å². The van der Waals surface area contributed by atoms with Gasteiger partial charge >= 0.3 is 12.1 Å². The molecule has 3 aromatic rings. The summed E-state index contributed by atoms with van der Waals surface area (Å²) >= 11 is 0. The molecule has 0 aromatic heterocycles. The van der Waals surface area contributed by atoms with E-state index >= 15 is 0 Å². The monoisotopic (exact) mass is 470 g/mol. The fourth-order valence-electron chi connectivity index (χ4n) is 4.39. The van der Waals surface area contributed by atoms with Crippen molar-refractivity contribution in [2.45, 2.75) is 25.3 Å². The van der Waals surface area contributed by atoms with Gasteiger partial charge in [-0.2, -0.15) is 0 Å². The Kier molecular flexibility index (Phi) is 6.96. The zero-order chi connectivity index (χ0) is 24.9. The number of aryl methyl sites for hydroxylation is 1. The van der Waals surface area contributed by atoms with Gasteiger partial charge in [0.1, 0.15) is 12.6 Å². The Bertz CT molecular complexity index is 1250. The van der Waals surface area contributed by atoms with E-state index in [0.29, 0.717) is 11.3 Å². The van der Waals surface area contributed by atoms with Crippen molar-refractivity contribution in [3.8, 4) is 11.1 Å². The highest BCUT2D eigenvalue weighted by molar-refractivity contribution is 5.97. The molecule has 7 nitrogen and oxygen atoms in total. The van der Waals surface area contributed by atoms with E-state index < -0.39 is 24.0 Å². The molecule has 1 aliphatic rings. The molecule has 0 bridgehead atoms. The normalized spacial score (nSPS) is 12.7. The first-order chi connectivity index (χ1) is 16.9. The molecule has 0 radical (unpaired) electrons. The average molecular weight is 471 g/mol. The van der Waals surface area contributed by atoms with Crippen LogP contribution >= 0.6 is 0 Å². The molecule has 4 rings (SSSR count). The molecule has 0 spiro atoms. The molecular formula is C28H26N2O5. The van der Waals surface area contributed by atoms with Gasteiger partial charge in [0.05, 0.1) is 5.56 Å². The van der Waals surface area contributed by atoms with Crippen LogP contribution < -0.4 is 10.6 Å². The summed E-state index contributed by atoms with van der Waals surface area (Å²) in [7, 11) is 0. The zero-order valence-corrected chi connectivity index (χ0v) is 19.3. The van der Waals surface area contributed by atoms with Crippen LogP contribution in [0.4, 0.5) is 10.5 Å². The lowest BCUT2D eigenvalue weighted by atomic mass is 9.98. The molecular weight excluding hydrogens is 444 g/mol. The van der Waals surface area contributed by atoms with Gasteiger partial charge in [0.2, 0.25) is 5.91 Å². The number of amides is 2. The van der Waals surface area contributed by atoms with Crippen molar-refractivity contribution in [3.05, 3.63) is 102 Å². The van der Waals surface area contributed by atoms with Crippen molar-refractivity contribution in [2.75, 3.05) is 11.9 Å². The third kappa shape index (κ3) is 5.09. The van der Waals surface area contributed by atoms with Crippen molar-refractivity contribution in [2.24, 2.45) is 0 Å². The van der Waals surface area contributed by atoms with Gasteiger partial charge in [-0.25, -0.2) is 9.59 Å². The Hall–Kier alpha value is -4.39. The number of alkyl carbamates (subject to hydrolysis) is 1. The van der Waals surface area contributed by atoms with Gasteiger partial charge in [-0.05, 0) is 59.4 Å². The second kappa shape index (κ2) is 10.3. The van der Waals surface area contributed by atoms with Crippen molar-refractivity contribution in [1.82, 2.24) is 5.32 Å². The number of rotatable bonds is 8. The van der Waals surface area contributed by atoms with Gasteiger partial charge in [-0.1, -0.05) is 54.6 Å². The summed E-state index contributed by atoms with van der Waals surface area (Å²) in [5.74, 6) is -1.58. The maximum atomic E-state index is 12.8. The van der Waals surface area contributed by atoms with E-state index in [4.69, 9.17) is 4.74 Å². The molecule has 0 saturated heterocycles. The minimum atomic E-state index is -1.04. The Balaban J connectivity index is 1.40. The van der Waals surface area contributed by atoms with Gasteiger partial charge in [-0.15, -0.1) is 6.58 Å². The van der Waals surface area contributed by atoms with Gasteiger partial charge in [0.25, 0.3) is 0 Å². The number of carboxylic acids is 1. The smallest absolute Gasteiger partial charge is 0.407 e. The van der Waals surface area contributed by atoms with E-state index in [0.717, 1.165) is 22.3 Å². The second-order valence-electron chi connectivity index (χ2n) is 8.37. The number of fused-ring (bicyclic) bond motifs is 3. The van der Waals surface area contributed by atoms with E-state index in [1.807, 2.05) is 36.4 Å². The number of nitrogens with one attached hydrogen (secondary N) is 2. The number of hydrogen-bond donors (Lipinski definition) is 3. The lowest BCUT2D eigenvalue weighted by molar-refractivity contribution is -0.118. The van der Waals surface area contributed by atoms with Gasteiger partial charge < -0.3 is 20.5 Å². The predicted octanol–water partition coefficient (Wildman–Crippen LogP) is 5.12. The van der Waals surface area contributed by atoms with Crippen molar-refractivity contribution in [3.63, 3.8) is 0 Å². The first kappa shape index (κ1) is 23.8. The van der Waals surface area contributed by atoms with Gasteiger partial charge in [-0.3, -0.25) is 4.79 Å². The number of anilines is 1. The van der Waals surface area contributed by atoms with Crippen molar-refractivity contribution >= 4 is 23.7 Å². The summed E-state index contributed by atoms with van der Waals surface area (Å²) in [5.41, 5.74) is 5.56. The van der Waals surface area contributed by atoms with E-state index in [1.165, 1.54) is 18.2 Å². The maximum Gasteiger partial charge on any atom is 0.407 e. The summed E-state index contributed by atoms with van der Waals surface area (Å²) in [4.78, 5) is 36.6. The lowest BCUT2D eigenvalue weighted by Gasteiger charge is -2.19. The van der Waals surface area contributed by atoms with Gasteiger partial charge in [0, 0.05) is 11.6 Å². The highest BCUT2D eigenvalue weighted by Gasteiger charge is 2.29. The Labute approximate surface area is 203 Å². The highest BCUT2D eigenvalue weighted by Crippen LogP contribution is 2.44. The average Bonchev–Trinajstić information content (AvgIpc) is 3.16. The molecule has 0 fully saturated rings. The first-order valence-electron chi connectivity index (χ1n) is 11.3. The molecule has 1 aliphatic carbocycles. The molecule has 178 valence electrons. The minimum absolute atomic E-state index is 0.0874. The van der Waals surface area contributed by atoms with Crippen LogP contribution in [0.5, 0.6) is 0 Å².